The Morgan fingerprint density at radius 3 is 2.80 bits per heavy atom. The minimum Gasteiger partial charge on any atom is -0.299 e. The lowest BCUT2D eigenvalue weighted by atomic mass is 9.97. The van der Waals surface area contributed by atoms with Crippen LogP contribution in [-0.4, -0.2) is 31.3 Å². The molecule has 2 aliphatic rings. The zero-order valence-corrected chi connectivity index (χ0v) is 9.53. The van der Waals surface area contributed by atoms with Crippen molar-refractivity contribution >= 4 is 6.72 Å². The molecule has 2 rings (SSSR count). The number of hydrogen-bond acceptors (Lipinski definition) is 2. The number of likely N-dealkylation sites (N-methyl/N-ethyl adjacent to an activating group) is 1. The van der Waals surface area contributed by atoms with Crippen LogP contribution in [0.4, 0.5) is 0 Å². The molecule has 0 amide bonds. The van der Waals surface area contributed by atoms with Gasteiger partial charge in [0.05, 0.1) is 5.70 Å². The molecule has 0 saturated carbocycles. The Morgan fingerprint density at radius 1 is 1.67 bits per heavy atom. The highest BCUT2D eigenvalue weighted by atomic mass is 15.2. The predicted octanol–water partition coefficient (Wildman–Crippen LogP) is 2.41. The van der Waals surface area contributed by atoms with Crippen molar-refractivity contribution < 1.29 is 0 Å². The van der Waals surface area contributed by atoms with E-state index in [-0.39, 0.29) is 0 Å². The number of rotatable bonds is 3. The van der Waals surface area contributed by atoms with Crippen molar-refractivity contribution in [2.45, 2.75) is 19.4 Å². The van der Waals surface area contributed by atoms with Gasteiger partial charge < -0.3 is 0 Å². The lowest BCUT2D eigenvalue weighted by Crippen LogP contribution is -2.26. The minimum atomic E-state index is 0.611. The molecule has 2 atom stereocenters. The van der Waals surface area contributed by atoms with E-state index in [0.29, 0.717) is 12.0 Å². The van der Waals surface area contributed by atoms with Crippen LogP contribution in [0.1, 0.15) is 13.3 Å². The average Bonchev–Trinajstić information content (AvgIpc) is 2.77. The third-order valence-electron chi connectivity index (χ3n) is 3.52. The number of likely N-dealkylation sites (tertiary alicyclic amines) is 1. The summed E-state index contributed by atoms with van der Waals surface area (Å²) in [6, 6.07) is 0.611. The number of nitrogens with zero attached hydrogens (tertiary/aromatic N) is 2. The van der Waals surface area contributed by atoms with Gasteiger partial charge in [-0.25, -0.2) is 0 Å². The number of fused-ring (bicyclic) bond motifs is 2. The van der Waals surface area contributed by atoms with Gasteiger partial charge in [0.1, 0.15) is 0 Å². The normalized spacial score (nSPS) is 31.2. The van der Waals surface area contributed by atoms with E-state index in [0.717, 1.165) is 17.8 Å². The van der Waals surface area contributed by atoms with E-state index in [9.17, 15) is 0 Å². The molecule has 0 aromatic carbocycles. The van der Waals surface area contributed by atoms with Crippen molar-refractivity contribution in [3.05, 3.63) is 35.6 Å². The minimum absolute atomic E-state index is 0.611. The molecule has 2 heteroatoms. The zero-order chi connectivity index (χ0) is 11.0. The summed E-state index contributed by atoms with van der Waals surface area (Å²) in [5.74, 6) is 0.649. The molecule has 1 heterocycles. The molecule has 1 saturated heterocycles. The lowest BCUT2D eigenvalue weighted by Gasteiger charge is -2.22. The third kappa shape index (κ3) is 1.59. The Kier molecular flexibility index (Phi) is 2.61. The first-order chi connectivity index (χ1) is 7.17. The largest absolute Gasteiger partial charge is 0.299 e. The number of allylic oxidation sites excluding steroid dienone is 3. The van der Waals surface area contributed by atoms with Crippen LogP contribution in [-0.2, 0) is 0 Å². The zero-order valence-electron chi connectivity index (χ0n) is 9.53. The average molecular weight is 202 g/mol. The second-order valence-corrected chi connectivity index (χ2v) is 4.46. The molecule has 80 valence electrons. The van der Waals surface area contributed by atoms with Gasteiger partial charge >= 0.3 is 0 Å². The van der Waals surface area contributed by atoms with Crippen molar-refractivity contribution in [2.75, 3.05) is 13.6 Å². The van der Waals surface area contributed by atoms with E-state index >= 15 is 0 Å². The lowest BCUT2D eigenvalue weighted by molar-refractivity contribution is 0.341. The van der Waals surface area contributed by atoms with E-state index < -0.39 is 0 Å². The predicted molar refractivity (Wildman–Crippen MR) is 65.1 cm³/mol. The van der Waals surface area contributed by atoms with Crippen LogP contribution in [0.3, 0.4) is 0 Å². The summed E-state index contributed by atoms with van der Waals surface area (Å²) in [5, 5.41) is 0. The Hall–Kier alpha value is -1.15. The highest BCUT2D eigenvalue weighted by Crippen LogP contribution is 2.40. The van der Waals surface area contributed by atoms with Crippen LogP contribution in [0, 0.1) is 5.92 Å². The summed E-state index contributed by atoms with van der Waals surface area (Å²) >= 11 is 0. The summed E-state index contributed by atoms with van der Waals surface area (Å²) in [7, 11) is 2.18. The van der Waals surface area contributed by atoms with Crippen molar-refractivity contribution in [3.63, 3.8) is 0 Å². The molecule has 1 fully saturated rings. The second-order valence-electron chi connectivity index (χ2n) is 4.46. The second kappa shape index (κ2) is 3.78. The van der Waals surface area contributed by atoms with E-state index in [1.54, 1.807) is 0 Å². The standard InChI is InChI=1S/C13H18N2/c1-5-9(2)13(14-3)12-7-11-6-10(12)8-15(11)4/h5,7,10-11H,1,3,6,8H2,2,4H3/b13-9-. The topological polar surface area (TPSA) is 15.6 Å². The Morgan fingerprint density at radius 2 is 2.40 bits per heavy atom. The van der Waals surface area contributed by atoms with Gasteiger partial charge in [0.2, 0.25) is 0 Å². The van der Waals surface area contributed by atoms with Crippen LogP contribution in [0.5, 0.6) is 0 Å². The van der Waals surface area contributed by atoms with Gasteiger partial charge in [0, 0.05) is 18.5 Å². The highest BCUT2D eigenvalue weighted by molar-refractivity contribution is 5.48. The summed E-state index contributed by atoms with van der Waals surface area (Å²) < 4.78 is 0. The molecule has 2 bridgehead atoms. The summed E-state index contributed by atoms with van der Waals surface area (Å²) in [6.45, 7) is 10.7. The number of aliphatic imine (C=N–C) groups is 1. The Bertz CT molecular complexity index is 363. The third-order valence-corrected chi connectivity index (χ3v) is 3.52. The van der Waals surface area contributed by atoms with Crippen LogP contribution < -0.4 is 0 Å². The van der Waals surface area contributed by atoms with Gasteiger partial charge in [-0.1, -0.05) is 18.7 Å². The molecule has 2 nitrogen and oxygen atoms in total. The van der Waals surface area contributed by atoms with E-state index in [4.69, 9.17) is 0 Å². The van der Waals surface area contributed by atoms with Crippen LogP contribution in [0.15, 0.2) is 40.6 Å². The number of hydrogen-bond donors (Lipinski definition) is 0. The van der Waals surface area contributed by atoms with E-state index in [1.807, 2.05) is 13.0 Å². The van der Waals surface area contributed by atoms with Gasteiger partial charge in [-0.2, -0.15) is 0 Å². The van der Waals surface area contributed by atoms with E-state index in [2.05, 4.69) is 36.3 Å². The summed E-state index contributed by atoms with van der Waals surface area (Å²) in [6.07, 6.45) is 5.45. The molecule has 0 aromatic heterocycles. The molecule has 0 N–H and O–H groups in total. The molecule has 1 aliphatic carbocycles. The Balaban J connectivity index is 2.34. The van der Waals surface area contributed by atoms with Gasteiger partial charge in [-0.15, -0.1) is 0 Å². The van der Waals surface area contributed by atoms with Crippen molar-refractivity contribution in [2.24, 2.45) is 10.9 Å². The fourth-order valence-electron chi connectivity index (χ4n) is 2.61. The van der Waals surface area contributed by atoms with Crippen LogP contribution in [0.25, 0.3) is 0 Å². The first-order valence-corrected chi connectivity index (χ1v) is 5.39. The highest BCUT2D eigenvalue weighted by Gasteiger charge is 2.37. The molecular weight excluding hydrogens is 184 g/mol. The first kappa shape index (κ1) is 10.4. The van der Waals surface area contributed by atoms with Crippen LogP contribution >= 0.6 is 0 Å². The molecule has 1 aliphatic heterocycles. The smallest absolute Gasteiger partial charge is 0.0683 e. The maximum Gasteiger partial charge on any atom is 0.0683 e. The van der Waals surface area contributed by atoms with Gasteiger partial charge in [0.15, 0.2) is 0 Å². The van der Waals surface area contributed by atoms with E-state index in [1.165, 1.54) is 12.0 Å². The van der Waals surface area contributed by atoms with Gasteiger partial charge in [-0.05, 0) is 38.3 Å². The molecular formula is C13H18N2. The molecule has 0 aromatic rings. The van der Waals surface area contributed by atoms with Crippen LogP contribution in [0.2, 0.25) is 0 Å². The summed E-state index contributed by atoms with van der Waals surface area (Å²) in [4.78, 5) is 6.56. The van der Waals surface area contributed by atoms with Crippen molar-refractivity contribution in [1.82, 2.24) is 4.90 Å². The first-order valence-electron chi connectivity index (χ1n) is 5.39. The maximum atomic E-state index is 4.16. The molecule has 0 spiro atoms. The van der Waals surface area contributed by atoms with Crippen molar-refractivity contribution in [1.29, 1.82) is 0 Å². The fraction of sp³-hybridized carbons (Fsp3) is 0.462. The van der Waals surface area contributed by atoms with Gasteiger partial charge in [0.25, 0.3) is 0 Å². The van der Waals surface area contributed by atoms with Gasteiger partial charge in [-0.3, -0.25) is 9.89 Å². The molecule has 15 heavy (non-hydrogen) atoms. The summed E-state index contributed by atoms with van der Waals surface area (Å²) in [5.41, 5.74) is 3.56. The quantitative estimate of drug-likeness (QED) is 0.507. The Labute approximate surface area is 91.7 Å². The molecule has 2 unspecified atom stereocenters. The maximum absolute atomic E-state index is 4.16. The fourth-order valence-corrected chi connectivity index (χ4v) is 2.61. The monoisotopic (exact) mass is 202 g/mol. The van der Waals surface area contributed by atoms with Crippen molar-refractivity contribution in [3.8, 4) is 0 Å². The molecule has 0 radical (unpaired) electrons. The SMILES string of the molecule is C=C/C(C)=C(\N=C)C1=CC2CC1CN2C.